The smallest absolute Gasteiger partial charge is 0.337 e. The molecule has 1 aliphatic rings. The number of benzene rings is 1. The molecule has 0 atom stereocenters. The standard InChI is InChI=1S/C15H20N2O4/c1-15(9-16-10-15)21-8-13(18)17-7-11-3-5-12(6-4-11)14(19)20-2/h3-6,16H,7-10H2,1-2H3,(H,17,18). The first kappa shape index (κ1) is 15.5. The van der Waals surface area contributed by atoms with Crippen LogP contribution in [-0.4, -0.2) is 44.3 Å². The maximum Gasteiger partial charge on any atom is 0.337 e. The largest absolute Gasteiger partial charge is 0.465 e. The summed E-state index contributed by atoms with van der Waals surface area (Å²) in [4.78, 5) is 23.0. The fourth-order valence-corrected chi connectivity index (χ4v) is 1.95. The van der Waals surface area contributed by atoms with Crippen LogP contribution in [0.1, 0.15) is 22.8 Å². The fourth-order valence-electron chi connectivity index (χ4n) is 1.95. The van der Waals surface area contributed by atoms with Gasteiger partial charge < -0.3 is 20.1 Å². The van der Waals surface area contributed by atoms with Gasteiger partial charge in [0.1, 0.15) is 6.61 Å². The second-order valence-corrected chi connectivity index (χ2v) is 5.31. The first-order valence-electron chi connectivity index (χ1n) is 6.81. The van der Waals surface area contributed by atoms with Crippen molar-refractivity contribution in [3.05, 3.63) is 35.4 Å². The van der Waals surface area contributed by atoms with Crippen molar-refractivity contribution in [2.75, 3.05) is 26.8 Å². The zero-order chi connectivity index (χ0) is 15.3. The van der Waals surface area contributed by atoms with Gasteiger partial charge in [-0.05, 0) is 24.6 Å². The second kappa shape index (κ2) is 6.69. The average molecular weight is 292 g/mol. The van der Waals surface area contributed by atoms with E-state index in [0.29, 0.717) is 12.1 Å². The molecular formula is C15H20N2O4. The molecule has 2 rings (SSSR count). The van der Waals surface area contributed by atoms with Crippen LogP contribution in [0.5, 0.6) is 0 Å². The Labute approximate surface area is 123 Å². The van der Waals surface area contributed by atoms with E-state index in [1.165, 1.54) is 7.11 Å². The van der Waals surface area contributed by atoms with Gasteiger partial charge in [-0.1, -0.05) is 12.1 Å². The molecule has 0 spiro atoms. The van der Waals surface area contributed by atoms with E-state index in [1.807, 2.05) is 6.92 Å². The molecule has 6 heteroatoms. The normalized spacial score (nSPS) is 15.9. The molecule has 0 unspecified atom stereocenters. The van der Waals surface area contributed by atoms with Gasteiger partial charge in [-0.2, -0.15) is 0 Å². The average Bonchev–Trinajstić information content (AvgIpc) is 2.48. The second-order valence-electron chi connectivity index (χ2n) is 5.31. The molecule has 1 fully saturated rings. The predicted molar refractivity (Wildman–Crippen MR) is 76.9 cm³/mol. The van der Waals surface area contributed by atoms with E-state index < -0.39 is 0 Å². The Morgan fingerprint density at radius 3 is 2.48 bits per heavy atom. The number of rotatable bonds is 6. The van der Waals surface area contributed by atoms with Gasteiger partial charge in [0, 0.05) is 19.6 Å². The number of methoxy groups -OCH3 is 1. The molecule has 0 aromatic heterocycles. The molecule has 0 aliphatic carbocycles. The summed E-state index contributed by atoms with van der Waals surface area (Å²) in [6, 6.07) is 6.91. The highest BCUT2D eigenvalue weighted by atomic mass is 16.5. The number of carbonyl (C=O) groups excluding carboxylic acids is 2. The Balaban J connectivity index is 1.74. The predicted octanol–water partition coefficient (Wildman–Crippen LogP) is 0.468. The van der Waals surface area contributed by atoms with Crippen LogP contribution < -0.4 is 10.6 Å². The minimum atomic E-state index is -0.374. The number of hydrogen-bond donors (Lipinski definition) is 2. The molecule has 1 aromatic rings. The summed E-state index contributed by atoms with van der Waals surface area (Å²) in [6.07, 6.45) is 0. The lowest BCUT2D eigenvalue weighted by molar-refractivity contribution is -0.136. The van der Waals surface area contributed by atoms with Crippen molar-refractivity contribution < 1.29 is 19.1 Å². The van der Waals surface area contributed by atoms with E-state index in [2.05, 4.69) is 15.4 Å². The molecule has 0 saturated carbocycles. The van der Waals surface area contributed by atoms with Gasteiger partial charge in [0.05, 0.1) is 18.3 Å². The van der Waals surface area contributed by atoms with Crippen molar-refractivity contribution in [1.82, 2.24) is 10.6 Å². The van der Waals surface area contributed by atoms with Gasteiger partial charge in [0.15, 0.2) is 0 Å². The molecule has 0 bridgehead atoms. The van der Waals surface area contributed by atoms with Crippen molar-refractivity contribution in [1.29, 1.82) is 0 Å². The van der Waals surface area contributed by atoms with Crippen LogP contribution in [0.2, 0.25) is 0 Å². The third kappa shape index (κ3) is 4.27. The van der Waals surface area contributed by atoms with Gasteiger partial charge in [-0.15, -0.1) is 0 Å². The fraction of sp³-hybridized carbons (Fsp3) is 0.467. The summed E-state index contributed by atoms with van der Waals surface area (Å²) < 4.78 is 10.2. The minimum Gasteiger partial charge on any atom is -0.465 e. The van der Waals surface area contributed by atoms with Crippen molar-refractivity contribution in [3.63, 3.8) is 0 Å². The van der Waals surface area contributed by atoms with Crippen LogP contribution in [0, 0.1) is 0 Å². The summed E-state index contributed by atoms with van der Waals surface area (Å²) >= 11 is 0. The first-order valence-corrected chi connectivity index (χ1v) is 6.81. The van der Waals surface area contributed by atoms with Crippen LogP contribution in [0.3, 0.4) is 0 Å². The highest BCUT2D eigenvalue weighted by Crippen LogP contribution is 2.14. The lowest BCUT2D eigenvalue weighted by Crippen LogP contribution is -2.59. The van der Waals surface area contributed by atoms with Crippen LogP contribution in [0.25, 0.3) is 0 Å². The molecule has 2 N–H and O–H groups in total. The Bertz CT molecular complexity index is 509. The molecule has 6 nitrogen and oxygen atoms in total. The number of amides is 1. The van der Waals surface area contributed by atoms with E-state index in [9.17, 15) is 9.59 Å². The van der Waals surface area contributed by atoms with Crippen molar-refractivity contribution >= 4 is 11.9 Å². The zero-order valence-corrected chi connectivity index (χ0v) is 12.3. The van der Waals surface area contributed by atoms with Crippen molar-refractivity contribution in [2.24, 2.45) is 0 Å². The number of esters is 1. The summed E-state index contributed by atoms with van der Waals surface area (Å²) in [5, 5.41) is 5.89. The quantitative estimate of drug-likeness (QED) is 0.745. The number of hydrogen-bond acceptors (Lipinski definition) is 5. The van der Waals surface area contributed by atoms with Gasteiger partial charge in [0.25, 0.3) is 0 Å². The number of carbonyl (C=O) groups is 2. The summed E-state index contributed by atoms with van der Waals surface area (Å²) in [5.74, 6) is -0.526. The molecule has 21 heavy (non-hydrogen) atoms. The van der Waals surface area contributed by atoms with E-state index in [4.69, 9.17) is 4.74 Å². The molecule has 0 radical (unpaired) electrons. The lowest BCUT2D eigenvalue weighted by Gasteiger charge is -2.38. The third-order valence-electron chi connectivity index (χ3n) is 3.41. The van der Waals surface area contributed by atoms with Crippen LogP contribution in [-0.2, 0) is 20.8 Å². The molecule has 114 valence electrons. The summed E-state index contributed by atoms with van der Waals surface area (Å²) in [5.41, 5.74) is 1.17. The maximum absolute atomic E-state index is 11.7. The molecule has 1 saturated heterocycles. The van der Waals surface area contributed by atoms with Gasteiger partial charge in [-0.3, -0.25) is 4.79 Å². The minimum absolute atomic E-state index is 0.0540. The molecule has 1 amide bonds. The van der Waals surface area contributed by atoms with E-state index in [1.54, 1.807) is 24.3 Å². The van der Waals surface area contributed by atoms with E-state index >= 15 is 0 Å². The van der Waals surface area contributed by atoms with Crippen molar-refractivity contribution in [3.8, 4) is 0 Å². The van der Waals surface area contributed by atoms with Crippen LogP contribution in [0.15, 0.2) is 24.3 Å². The van der Waals surface area contributed by atoms with Gasteiger partial charge in [-0.25, -0.2) is 4.79 Å². The van der Waals surface area contributed by atoms with E-state index in [0.717, 1.165) is 18.7 Å². The maximum atomic E-state index is 11.7. The molecular weight excluding hydrogens is 272 g/mol. The van der Waals surface area contributed by atoms with Crippen LogP contribution >= 0.6 is 0 Å². The Kier molecular flexibility index (Phi) is 4.93. The zero-order valence-electron chi connectivity index (χ0n) is 12.3. The molecule has 1 aromatic carbocycles. The summed E-state index contributed by atoms with van der Waals surface area (Å²) in [7, 11) is 1.34. The first-order chi connectivity index (χ1) is 10.0. The highest BCUT2D eigenvalue weighted by Gasteiger charge is 2.32. The Hall–Kier alpha value is -1.92. The third-order valence-corrected chi connectivity index (χ3v) is 3.41. The number of ether oxygens (including phenoxy) is 2. The van der Waals surface area contributed by atoms with Crippen LogP contribution in [0.4, 0.5) is 0 Å². The van der Waals surface area contributed by atoms with Gasteiger partial charge in [0.2, 0.25) is 5.91 Å². The van der Waals surface area contributed by atoms with Crippen molar-refractivity contribution in [2.45, 2.75) is 19.1 Å². The van der Waals surface area contributed by atoms with Gasteiger partial charge >= 0.3 is 5.97 Å². The lowest BCUT2D eigenvalue weighted by atomic mass is 10.0. The number of nitrogens with one attached hydrogen (secondary N) is 2. The SMILES string of the molecule is COC(=O)c1ccc(CNC(=O)COC2(C)CNC2)cc1. The topological polar surface area (TPSA) is 76.7 Å². The van der Waals surface area contributed by atoms with E-state index in [-0.39, 0.29) is 24.1 Å². The Morgan fingerprint density at radius 2 is 1.95 bits per heavy atom. The molecule has 1 heterocycles. The monoisotopic (exact) mass is 292 g/mol. The molecule has 1 aliphatic heterocycles. The Morgan fingerprint density at radius 1 is 1.29 bits per heavy atom. The summed E-state index contributed by atoms with van der Waals surface area (Å²) in [6.45, 7) is 3.98. The highest BCUT2D eigenvalue weighted by molar-refractivity contribution is 5.89.